The molecular weight excluding hydrogens is 310 g/mol. The number of aromatic hydroxyl groups is 1. The summed E-state index contributed by atoms with van der Waals surface area (Å²) in [4.78, 5) is 38.9. The van der Waals surface area contributed by atoms with Crippen molar-refractivity contribution >= 4 is 0 Å². The first-order chi connectivity index (χ1) is 11.1. The first kappa shape index (κ1) is 17.5. The van der Waals surface area contributed by atoms with Crippen molar-refractivity contribution in [3.8, 4) is 5.75 Å². The van der Waals surface area contributed by atoms with E-state index in [2.05, 4.69) is 6.58 Å². The largest absolute Gasteiger partial charge is 0.507 e. The molecule has 3 N–H and O–H groups in total. The van der Waals surface area contributed by atoms with Crippen LogP contribution in [0.1, 0.15) is 37.5 Å². The number of aromatic amines is 2. The second-order valence-electron chi connectivity index (χ2n) is 6.67. The third-order valence-corrected chi connectivity index (χ3v) is 3.69. The predicted molar refractivity (Wildman–Crippen MR) is 91.8 cm³/mol. The second-order valence-corrected chi connectivity index (χ2v) is 6.67. The third kappa shape index (κ3) is 3.56. The van der Waals surface area contributed by atoms with Crippen molar-refractivity contribution in [1.29, 1.82) is 0 Å². The summed E-state index contributed by atoms with van der Waals surface area (Å²) in [7, 11) is 0. The first-order valence-corrected chi connectivity index (χ1v) is 7.53. The highest BCUT2D eigenvalue weighted by molar-refractivity contribution is 5.47. The number of aromatic nitrogens is 3. The van der Waals surface area contributed by atoms with Crippen LogP contribution in [0.5, 0.6) is 5.75 Å². The number of hydrogen-bond acceptors (Lipinski definition) is 4. The average molecular weight is 331 g/mol. The van der Waals surface area contributed by atoms with Crippen LogP contribution in [0.3, 0.4) is 0 Å². The summed E-state index contributed by atoms with van der Waals surface area (Å²) in [6.45, 7) is 9.55. The van der Waals surface area contributed by atoms with Crippen LogP contribution in [0.2, 0.25) is 0 Å². The highest BCUT2D eigenvalue weighted by Crippen LogP contribution is 2.34. The van der Waals surface area contributed by atoms with Crippen molar-refractivity contribution < 1.29 is 5.11 Å². The highest BCUT2D eigenvalue weighted by Gasteiger charge is 2.21. The minimum absolute atomic E-state index is 0.0154. The molecule has 0 bridgehead atoms. The van der Waals surface area contributed by atoms with Gasteiger partial charge in [-0.15, -0.1) is 6.58 Å². The van der Waals surface area contributed by atoms with Gasteiger partial charge in [-0.2, -0.15) is 0 Å². The van der Waals surface area contributed by atoms with E-state index in [-0.39, 0.29) is 17.7 Å². The maximum atomic E-state index is 11.8. The van der Waals surface area contributed by atoms with Crippen LogP contribution < -0.4 is 17.1 Å². The average Bonchev–Trinajstić information content (AvgIpc) is 2.44. The Balaban J connectivity index is 2.61. The van der Waals surface area contributed by atoms with Crippen LogP contribution in [0.15, 0.2) is 39.2 Å². The quantitative estimate of drug-likeness (QED) is 0.726. The lowest BCUT2D eigenvalue weighted by Crippen LogP contribution is -2.43. The van der Waals surface area contributed by atoms with E-state index >= 15 is 0 Å². The number of allylic oxidation sites excluding steroid dienone is 1. The van der Waals surface area contributed by atoms with Gasteiger partial charge in [0.25, 0.3) is 0 Å². The van der Waals surface area contributed by atoms with Gasteiger partial charge in [0, 0.05) is 0 Å². The Labute approximate surface area is 138 Å². The molecule has 24 heavy (non-hydrogen) atoms. The van der Waals surface area contributed by atoms with Crippen LogP contribution >= 0.6 is 0 Å². The normalized spacial score (nSPS) is 11.5. The van der Waals surface area contributed by atoms with E-state index in [0.29, 0.717) is 23.1 Å². The Hall–Kier alpha value is -2.83. The maximum absolute atomic E-state index is 11.8. The number of rotatable bonds is 4. The van der Waals surface area contributed by atoms with Gasteiger partial charge >= 0.3 is 17.1 Å². The van der Waals surface area contributed by atoms with Gasteiger partial charge in [-0.25, -0.2) is 19.0 Å². The molecule has 2 aromatic rings. The van der Waals surface area contributed by atoms with Crippen molar-refractivity contribution in [1.82, 2.24) is 14.5 Å². The van der Waals surface area contributed by atoms with Gasteiger partial charge in [-0.1, -0.05) is 26.8 Å². The monoisotopic (exact) mass is 331 g/mol. The molecule has 0 radical (unpaired) electrons. The molecule has 0 amide bonds. The molecule has 0 spiro atoms. The van der Waals surface area contributed by atoms with Crippen LogP contribution in [0.4, 0.5) is 0 Å². The molecule has 0 saturated heterocycles. The molecule has 1 aromatic carbocycles. The van der Waals surface area contributed by atoms with Gasteiger partial charge in [0.2, 0.25) is 0 Å². The molecule has 0 atom stereocenters. The molecule has 1 heterocycles. The maximum Gasteiger partial charge on any atom is 0.333 e. The number of benzene rings is 1. The van der Waals surface area contributed by atoms with Gasteiger partial charge in [0.15, 0.2) is 0 Å². The Bertz CT molecular complexity index is 908. The van der Waals surface area contributed by atoms with Crippen molar-refractivity contribution in [2.24, 2.45) is 0 Å². The Morgan fingerprint density at radius 2 is 1.75 bits per heavy atom. The Kier molecular flexibility index (Phi) is 4.64. The minimum Gasteiger partial charge on any atom is -0.507 e. The van der Waals surface area contributed by atoms with E-state index in [9.17, 15) is 19.5 Å². The number of nitrogens with one attached hydrogen (secondary N) is 2. The lowest BCUT2D eigenvalue weighted by atomic mass is 9.83. The minimum atomic E-state index is -0.838. The number of phenols is 1. The van der Waals surface area contributed by atoms with Crippen molar-refractivity contribution in [2.75, 3.05) is 0 Å². The molecular formula is C17H21N3O4. The molecule has 2 rings (SSSR count). The van der Waals surface area contributed by atoms with E-state index in [4.69, 9.17) is 0 Å². The summed E-state index contributed by atoms with van der Waals surface area (Å²) in [5, 5.41) is 10.5. The molecule has 0 aliphatic carbocycles. The molecule has 7 nitrogen and oxygen atoms in total. The van der Waals surface area contributed by atoms with Gasteiger partial charge in [0.05, 0.1) is 6.54 Å². The number of nitrogens with zero attached hydrogens (tertiary/aromatic N) is 1. The third-order valence-electron chi connectivity index (χ3n) is 3.69. The molecule has 128 valence electrons. The Morgan fingerprint density at radius 3 is 2.25 bits per heavy atom. The van der Waals surface area contributed by atoms with E-state index < -0.39 is 17.1 Å². The van der Waals surface area contributed by atoms with Crippen LogP contribution in [0.25, 0.3) is 0 Å². The van der Waals surface area contributed by atoms with E-state index in [1.54, 1.807) is 18.2 Å². The number of phenolic OH excluding ortho intramolecular Hbond substituents is 1. The molecule has 0 aliphatic rings. The lowest BCUT2D eigenvalue weighted by Gasteiger charge is -2.23. The summed E-state index contributed by atoms with van der Waals surface area (Å²) in [6.07, 6.45) is 2.13. The first-order valence-electron chi connectivity index (χ1n) is 7.53. The summed E-state index contributed by atoms with van der Waals surface area (Å²) in [5.74, 6) is 0.189. The standard InChI is InChI=1S/C17H21N3O4/c1-5-6-11-7-10(8-12(13(11)21)17(2,3)4)9-20-15(23)18-14(22)19-16(20)24/h5,7-8,21H,1,6,9H2,2-4H3,(H2,18,19,22,23,24). The van der Waals surface area contributed by atoms with E-state index in [0.717, 1.165) is 4.57 Å². The van der Waals surface area contributed by atoms with Crippen LogP contribution in [0, 0.1) is 0 Å². The zero-order chi connectivity index (χ0) is 18.1. The summed E-state index contributed by atoms with van der Waals surface area (Å²) < 4.78 is 0.901. The topological polar surface area (TPSA) is 108 Å². The highest BCUT2D eigenvalue weighted by atomic mass is 16.3. The van der Waals surface area contributed by atoms with Crippen molar-refractivity contribution in [3.05, 3.63) is 72.9 Å². The molecule has 0 unspecified atom stereocenters. The van der Waals surface area contributed by atoms with Gasteiger partial charge < -0.3 is 5.11 Å². The lowest BCUT2D eigenvalue weighted by molar-refractivity contribution is 0.441. The molecule has 0 saturated carbocycles. The molecule has 0 fully saturated rings. The SMILES string of the molecule is C=CCc1cc(Cn2c(=O)[nH]c(=O)[nH]c2=O)cc(C(C)(C)C)c1O. The smallest absolute Gasteiger partial charge is 0.333 e. The number of hydrogen-bond donors (Lipinski definition) is 3. The zero-order valence-corrected chi connectivity index (χ0v) is 14.0. The predicted octanol–water partition coefficient (Wildman–Crippen LogP) is 1.00. The van der Waals surface area contributed by atoms with Crippen LogP contribution in [-0.4, -0.2) is 19.6 Å². The Morgan fingerprint density at radius 1 is 1.17 bits per heavy atom. The summed E-state index contributed by atoms with van der Waals surface area (Å²) >= 11 is 0. The fourth-order valence-corrected chi connectivity index (χ4v) is 2.51. The molecule has 1 aromatic heterocycles. The fourth-order valence-electron chi connectivity index (χ4n) is 2.51. The zero-order valence-electron chi connectivity index (χ0n) is 14.0. The van der Waals surface area contributed by atoms with Crippen molar-refractivity contribution in [3.63, 3.8) is 0 Å². The van der Waals surface area contributed by atoms with Gasteiger partial charge in [-0.05, 0) is 40.7 Å². The summed E-state index contributed by atoms with van der Waals surface area (Å²) in [6, 6.07) is 3.49. The van der Waals surface area contributed by atoms with Gasteiger partial charge in [-0.3, -0.25) is 9.97 Å². The van der Waals surface area contributed by atoms with E-state index in [1.807, 2.05) is 30.7 Å². The van der Waals surface area contributed by atoms with Gasteiger partial charge in [0.1, 0.15) is 5.75 Å². The second kappa shape index (κ2) is 6.35. The summed E-state index contributed by atoms with van der Waals surface area (Å²) in [5.41, 5.74) is -0.659. The molecule has 7 heteroatoms. The molecule has 0 aliphatic heterocycles. The van der Waals surface area contributed by atoms with Crippen molar-refractivity contribution in [2.45, 2.75) is 39.2 Å². The number of H-pyrrole nitrogens is 2. The fraction of sp³-hybridized carbons (Fsp3) is 0.353. The van der Waals surface area contributed by atoms with E-state index in [1.165, 1.54) is 0 Å². The van der Waals surface area contributed by atoms with Crippen LogP contribution in [-0.2, 0) is 18.4 Å².